The van der Waals surface area contributed by atoms with Gasteiger partial charge in [0.2, 0.25) is 0 Å². The Balaban J connectivity index is 3.25. The quantitative estimate of drug-likeness (QED) is 0.645. The van der Waals surface area contributed by atoms with Crippen molar-refractivity contribution in [3.05, 3.63) is 22.5 Å². The van der Waals surface area contributed by atoms with Crippen LogP contribution < -0.4 is 5.19 Å². The Morgan fingerprint density at radius 3 is 2.36 bits per heavy atom. The molecule has 0 aliphatic carbocycles. The van der Waals surface area contributed by atoms with Crippen molar-refractivity contribution < 1.29 is 4.79 Å². The fourth-order valence-electron chi connectivity index (χ4n) is 1.55. The van der Waals surface area contributed by atoms with Gasteiger partial charge in [0.25, 0.3) is 0 Å². The molecule has 76 valence electrons. The molecule has 1 aromatic rings. The van der Waals surface area contributed by atoms with E-state index in [2.05, 4.69) is 18.8 Å². The molecule has 1 rings (SSSR count). The van der Waals surface area contributed by atoms with Crippen molar-refractivity contribution in [1.82, 2.24) is 4.98 Å². The second-order valence-corrected chi connectivity index (χ2v) is 4.90. The second kappa shape index (κ2) is 4.05. The molecule has 3 heteroatoms. The van der Waals surface area contributed by atoms with Crippen LogP contribution in [0.2, 0.25) is 0 Å². The van der Waals surface area contributed by atoms with Crippen molar-refractivity contribution in [2.24, 2.45) is 0 Å². The summed E-state index contributed by atoms with van der Waals surface area (Å²) in [5.74, 6) is 0.185. The lowest BCUT2D eigenvalue weighted by Crippen LogP contribution is -2.19. The minimum absolute atomic E-state index is 0.185. The molecule has 0 saturated carbocycles. The van der Waals surface area contributed by atoms with E-state index in [0.29, 0.717) is 6.42 Å². The van der Waals surface area contributed by atoms with Crippen LogP contribution in [0.5, 0.6) is 0 Å². The topological polar surface area (TPSA) is 30.0 Å². The molecule has 0 fully saturated rings. The molecule has 0 unspecified atom stereocenters. The zero-order valence-corrected chi connectivity index (χ0v) is 11.6. The summed E-state index contributed by atoms with van der Waals surface area (Å²) >= 11 is 0. The maximum Gasteiger partial charge on any atom is 0.135 e. The number of pyridine rings is 1. The highest BCUT2D eigenvalue weighted by molar-refractivity contribution is 6.34. The molecule has 0 aliphatic heterocycles. The molecule has 0 amide bonds. The highest BCUT2D eigenvalue weighted by atomic mass is 28.1. The lowest BCUT2D eigenvalue weighted by atomic mass is 10.1. The molecule has 0 saturated heterocycles. The van der Waals surface area contributed by atoms with Crippen molar-refractivity contribution in [2.45, 2.75) is 34.1 Å². The average molecular weight is 207 g/mol. The molecule has 0 N–H and O–H groups in total. The van der Waals surface area contributed by atoms with Crippen molar-refractivity contribution in [3.63, 3.8) is 0 Å². The smallest absolute Gasteiger partial charge is 0.135 e. The van der Waals surface area contributed by atoms with Gasteiger partial charge in [-0.3, -0.25) is 9.78 Å². The van der Waals surface area contributed by atoms with E-state index in [4.69, 9.17) is 0 Å². The van der Waals surface area contributed by atoms with E-state index in [9.17, 15) is 4.79 Å². The fourth-order valence-corrected chi connectivity index (χ4v) is 2.20. The minimum atomic E-state index is 0.185. The summed E-state index contributed by atoms with van der Waals surface area (Å²) in [6.45, 7) is 7.80. The van der Waals surface area contributed by atoms with Gasteiger partial charge in [-0.25, -0.2) is 0 Å². The molecule has 0 spiro atoms. The van der Waals surface area contributed by atoms with Gasteiger partial charge in [0.15, 0.2) is 0 Å². The van der Waals surface area contributed by atoms with Crippen LogP contribution in [0.4, 0.5) is 0 Å². The normalized spacial score (nSPS) is 10.6. The molecular weight excluding hydrogens is 190 g/mol. The van der Waals surface area contributed by atoms with Crippen LogP contribution in [0.25, 0.3) is 0 Å². The van der Waals surface area contributed by atoms with Gasteiger partial charge in [0.05, 0.1) is 5.69 Å². The molecule has 1 heterocycles. The Hall–Kier alpha value is -0.963. The van der Waals surface area contributed by atoms with E-state index < -0.39 is 0 Å². The summed E-state index contributed by atoms with van der Waals surface area (Å²) in [5, 5.41) is 1.40. The standard InChI is InChI=1S/C11H17NOSi/c1-6(13)5-10-8(3)11(14)7(2)9(4)12-10/h5H2,1-4,14H3. The number of aromatic nitrogens is 1. The van der Waals surface area contributed by atoms with E-state index in [0.717, 1.165) is 21.6 Å². The lowest BCUT2D eigenvalue weighted by molar-refractivity contribution is -0.116. The van der Waals surface area contributed by atoms with Crippen molar-refractivity contribution in [3.8, 4) is 0 Å². The molecular formula is C11H17NOSi. The van der Waals surface area contributed by atoms with Crippen LogP contribution in [0, 0.1) is 20.8 Å². The summed E-state index contributed by atoms with van der Waals surface area (Å²) in [4.78, 5) is 15.5. The zero-order chi connectivity index (χ0) is 10.9. The van der Waals surface area contributed by atoms with Crippen molar-refractivity contribution >= 4 is 21.2 Å². The van der Waals surface area contributed by atoms with Gasteiger partial charge < -0.3 is 0 Å². The number of Topliss-reactive ketones (excluding diaryl/α,β-unsaturated/α-hetero) is 1. The predicted molar refractivity (Wildman–Crippen MR) is 62.4 cm³/mol. The molecule has 1 aromatic heterocycles. The fraction of sp³-hybridized carbons (Fsp3) is 0.455. The van der Waals surface area contributed by atoms with Crippen LogP contribution >= 0.6 is 0 Å². The molecule has 14 heavy (non-hydrogen) atoms. The van der Waals surface area contributed by atoms with Gasteiger partial charge >= 0.3 is 0 Å². The van der Waals surface area contributed by atoms with E-state index in [-0.39, 0.29) is 5.78 Å². The third-order valence-corrected chi connectivity index (χ3v) is 4.32. The van der Waals surface area contributed by atoms with Gasteiger partial charge in [-0.15, -0.1) is 0 Å². The first-order chi connectivity index (χ1) is 6.43. The summed E-state index contributed by atoms with van der Waals surface area (Å²) in [6, 6.07) is 0. The number of carbonyl (C=O) groups is 1. The van der Waals surface area contributed by atoms with Gasteiger partial charge in [0.1, 0.15) is 5.78 Å². The largest absolute Gasteiger partial charge is 0.300 e. The molecule has 0 aliphatic rings. The number of hydrogen-bond donors (Lipinski definition) is 0. The molecule has 0 aromatic carbocycles. The average Bonchev–Trinajstić information content (AvgIpc) is 2.10. The number of hydrogen-bond acceptors (Lipinski definition) is 2. The Morgan fingerprint density at radius 2 is 1.86 bits per heavy atom. The first-order valence-corrected chi connectivity index (χ1v) is 5.86. The van der Waals surface area contributed by atoms with Gasteiger partial charge in [-0.2, -0.15) is 0 Å². The van der Waals surface area contributed by atoms with Crippen LogP contribution in [0.15, 0.2) is 0 Å². The van der Waals surface area contributed by atoms with Gasteiger partial charge in [0, 0.05) is 22.4 Å². The minimum Gasteiger partial charge on any atom is -0.300 e. The lowest BCUT2D eigenvalue weighted by Gasteiger charge is -2.12. The highest BCUT2D eigenvalue weighted by Gasteiger charge is 2.09. The SMILES string of the molecule is CC(=O)Cc1nc(C)c(C)c([SiH3])c1C. The Morgan fingerprint density at radius 1 is 1.29 bits per heavy atom. The number of aryl methyl sites for hydroxylation is 1. The van der Waals surface area contributed by atoms with Crippen LogP contribution in [0.1, 0.15) is 29.4 Å². The number of carbonyl (C=O) groups excluding carboxylic acids is 1. The number of ketones is 1. The molecule has 0 bridgehead atoms. The first kappa shape index (κ1) is 11.1. The first-order valence-electron chi connectivity index (χ1n) is 4.86. The Kier molecular flexibility index (Phi) is 3.21. The summed E-state index contributed by atoms with van der Waals surface area (Å²) in [6.07, 6.45) is 0.474. The van der Waals surface area contributed by atoms with E-state index in [1.807, 2.05) is 6.92 Å². The van der Waals surface area contributed by atoms with Gasteiger partial charge in [-0.05, 0) is 38.8 Å². The van der Waals surface area contributed by atoms with Crippen LogP contribution in [-0.2, 0) is 11.2 Å². The summed E-state index contributed by atoms with van der Waals surface area (Å²) in [7, 11) is 1.02. The maximum absolute atomic E-state index is 11.0. The summed E-state index contributed by atoms with van der Waals surface area (Å²) in [5.41, 5.74) is 4.54. The van der Waals surface area contributed by atoms with Crippen LogP contribution in [0.3, 0.4) is 0 Å². The second-order valence-electron chi connectivity index (χ2n) is 3.90. The monoisotopic (exact) mass is 207 g/mol. The summed E-state index contributed by atoms with van der Waals surface area (Å²) < 4.78 is 0. The van der Waals surface area contributed by atoms with Crippen LogP contribution in [-0.4, -0.2) is 21.0 Å². The molecule has 0 radical (unpaired) electrons. The number of nitrogens with zero attached hydrogens (tertiary/aromatic N) is 1. The predicted octanol–water partition coefficient (Wildman–Crippen LogP) is 0.129. The zero-order valence-electron chi connectivity index (χ0n) is 9.56. The molecule has 2 nitrogen and oxygen atoms in total. The Bertz CT molecular complexity index is 385. The third-order valence-electron chi connectivity index (χ3n) is 2.82. The highest BCUT2D eigenvalue weighted by Crippen LogP contribution is 2.09. The third kappa shape index (κ3) is 2.10. The Labute approximate surface area is 88.2 Å². The van der Waals surface area contributed by atoms with E-state index in [1.165, 1.54) is 16.3 Å². The molecule has 0 atom stereocenters. The van der Waals surface area contributed by atoms with Crippen molar-refractivity contribution in [1.29, 1.82) is 0 Å². The number of rotatable bonds is 2. The maximum atomic E-state index is 11.0. The van der Waals surface area contributed by atoms with Crippen molar-refractivity contribution in [2.75, 3.05) is 0 Å². The van der Waals surface area contributed by atoms with Gasteiger partial charge in [-0.1, -0.05) is 5.19 Å². The van der Waals surface area contributed by atoms with E-state index in [1.54, 1.807) is 6.92 Å². The van der Waals surface area contributed by atoms with E-state index >= 15 is 0 Å².